The minimum Gasteiger partial charge on any atom is -0.465 e. The van der Waals surface area contributed by atoms with Crippen molar-refractivity contribution in [3.05, 3.63) is 41.3 Å². The molecule has 4 heteroatoms. The molecule has 0 aliphatic heterocycles. The molecule has 0 aliphatic rings. The van der Waals surface area contributed by atoms with Gasteiger partial charge in [0, 0.05) is 12.7 Å². The summed E-state index contributed by atoms with van der Waals surface area (Å²) in [6.07, 6.45) is 1.02. The molecule has 0 unspecified atom stereocenters. The van der Waals surface area contributed by atoms with Crippen molar-refractivity contribution in [2.45, 2.75) is 13.3 Å². The predicted octanol–water partition coefficient (Wildman–Crippen LogP) is 3.06. The highest BCUT2D eigenvalue weighted by Gasteiger charge is 2.09. The summed E-state index contributed by atoms with van der Waals surface area (Å²) in [6, 6.07) is 8.37. The quantitative estimate of drug-likeness (QED) is 0.449. The fourth-order valence-corrected chi connectivity index (χ4v) is 2.14. The molecule has 0 fully saturated rings. The van der Waals surface area contributed by atoms with E-state index in [0.29, 0.717) is 10.8 Å². The van der Waals surface area contributed by atoms with Crippen LogP contribution in [0.5, 0.6) is 0 Å². The van der Waals surface area contributed by atoms with Crippen LogP contribution in [0.15, 0.2) is 35.7 Å². The van der Waals surface area contributed by atoms with Gasteiger partial charge in [-0.1, -0.05) is 37.4 Å². The van der Waals surface area contributed by atoms with Crippen LogP contribution in [0.2, 0.25) is 0 Å². The molecule has 0 N–H and O–H groups in total. The Morgan fingerprint density at radius 3 is 2.83 bits per heavy atom. The Balaban J connectivity index is 2.57. The van der Waals surface area contributed by atoms with Gasteiger partial charge in [-0.05, 0) is 24.1 Å². The Labute approximate surface area is 113 Å². The van der Waals surface area contributed by atoms with Gasteiger partial charge >= 0.3 is 5.97 Å². The first-order chi connectivity index (χ1) is 8.58. The van der Waals surface area contributed by atoms with Crippen LogP contribution in [0.25, 0.3) is 0 Å². The number of anilines is 1. The SMILES string of the molecule is C=C(SCN(C)c1cccc(CC)c1)C(=O)OC. The molecule has 0 aliphatic carbocycles. The number of esters is 1. The Morgan fingerprint density at radius 2 is 2.22 bits per heavy atom. The maximum Gasteiger partial charge on any atom is 0.343 e. The molecule has 0 aromatic heterocycles. The Morgan fingerprint density at radius 1 is 1.50 bits per heavy atom. The zero-order chi connectivity index (χ0) is 13.5. The average molecular weight is 265 g/mol. The average Bonchev–Trinajstić information content (AvgIpc) is 2.43. The molecule has 0 amide bonds. The normalized spacial score (nSPS) is 9.94. The fraction of sp³-hybridized carbons (Fsp3) is 0.357. The van der Waals surface area contributed by atoms with Crippen molar-refractivity contribution in [3.63, 3.8) is 0 Å². The highest BCUT2D eigenvalue weighted by Crippen LogP contribution is 2.21. The lowest BCUT2D eigenvalue weighted by atomic mass is 10.1. The molecule has 0 radical (unpaired) electrons. The summed E-state index contributed by atoms with van der Waals surface area (Å²) in [4.78, 5) is 13.7. The summed E-state index contributed by atoms with van der Waals surface area (Å²) in [7, 11) is 3.36. The number of rotatable bonds is 6. The molecule has 0 spiro atoms. The number of methoxy groups -OCH3 is 1. The molecule has 0 saturated heterocycles. The number of thioether (sulfide) groups is 1. The lowest BCUT2D eigenvalue weighted by molar-refractivity contribution is -0.135. The molecule has 0 saturated carbocycles. The van der Waals surface area contributed by atoms with Crippen molar-refractivity contribution in [2.75, 3.05) is 24.9 Å². The number of carbonyl (C=O) groups is 1. The first-order valence-electron chi connectivity index (χ1n) is 5.78. The minimum atomic E-state index is -0.365. The zero-order valence-corrected chi connectivity index (χ0v) is 11.9. The first kappa shape index (κ1) is 14.6. The van der Waals surface area contributed by atoms with Crippen molar-refractivity contribution < 1.29 is 9.53 Å². The summed E-state index contributed by atoms with van der Waals surface area (Å²) in [5.41, 5.74) is 2.44. The molecule has 1 rings (SSSR count). The van der Waals surface area contributed by atoms with Crippen molar-refractivity contribution in [1.29, 1.82) is 0 Å². The minimum absolute atomic E-state index is 0.365. The van der Waals surface area contributed by atoms with Gasteiger partial charge in [-0.3, -0.25) is 0 Å². The molecule has 3 nitrogen and oxygen atoms in total. The van der Waals surface area contributed by atoms with Crippen molar-refractivity contribution in [2.24, 2.45) is 0 Å². The van der Waals surface area contributed by atoms with E-state index in [9.17, 15) is 4.79 Å². The van der Waals surface area contributed by atoms with Gasteiger partial charge in [0.2, 0.25) is 0 Å². The summed E-state index contributed by atoms with van der Waals surface area (Å²) in [5, 5.41) is 0. The largest absolute Gasteiger partial charge is 0.465 e. The molecule has 0 bridgehead atoms. The van der Waals surface area contributed by atoms with Gasteiger partial charge < -0.3 is 9.64 Å². The van der Waals surface area contributed by atoms with Crippen LogP contribution in [-0.2, 0) is 16.0 Å². The summed E-state index contributed by atoms with van der Waals surface area (Å²) in [5.74, 6) is 0.303. The van der Waals surface area contributed by atoms with E-state index >= 15 is 0 Å². The van der Waals surface area contributed by atoms with Gasteiger partial charge in [0.25, 0.3) is 0 Å². The van der Waals surface area contributed by atoms with E-state index in [1.807, 2.05) is 13.1 Å². The monoisotopic (exact) mass is 265 g/mol. The van der Waals surface area contributed by atoms with Gasteiger partial charge in [0.05, 0.1) is 17.9 Å². The number of hydrogen-bond donors (Lipinski definition) is 0. The van der Waals surface area contributed by atoms with Gasteiger partial charge in [-0.2, -0.15) is 0 Å². The second kappa shape index (κ2) is 7.11. The van der Waals surface area contributed by atoms with E-state index in [4.69, 9.17) is 0 Å². The number of benzene rings is 1. The zero-order valence-electron chi connectivity index (χ0n) is 11.1. The van der Waals surface area contributed by atoms with Crippen LogP contribution < -0.4 is 4.90 Å². The molecule has 18 heavy (non-hydrogen) atoms. The summed E-state index contributed by atoms with van der Waals surface area (Å²) >= 11 is 1.38. The Hall–Kier alpha value is -1.42. The smallest absolute Gasteiger partial charge is 0.343 e. The number of aryl methyl sites for hydroxylation is 1. The third-order valence-corrected chi connectivity index (χ3v) is 3.64. The highest BCUT2D eigenvalue weighted by atomic mass is 32.2. The number of ether oxygens (including phenoxy) is 1. The molecular weight excluding hydrogens is 246 g/mol. The molecule has 98 valence electrons. The van der Waals surface area contributed by atoms with Crippen molar-refractivity contribution >= 4 is 23.4 Å². The van der Waals surface area contributed by atoms with Gasteiger partial charge in [-0.15, -0.1) is 0 Å². The number of nitrogens with zero attached hydrogens (tertiary/aromatic N) is 1. The van der Waals surface area contributed by atoms with E-state index in [1.165, 1.54) is 24.4 Å². The standard InChI is InChI=1S/C14H19NO2S/c1-5-12-7-6-8-13(9-12)15(3)10-18-11(2)14(16)17-4/h6-9H,2,5,10H2,1,3-4H3. The third kappa shape index (κ3) is 4.11. The molecule has 1 aromatic carbocycles. The van der Waals surface area contributed by atoms with Gasteiger partial charge in [-0.25, -0.2) is 4.79 Å². The second-order valence-electron chi connectivity index (χ2n) is 3.91. The molecule has 0 heterocycles. The summed E-state index contributed by atoms with van der Waals surface area (Å²) < 4.78 is 4.61. The van der Waals surface area contributed by atoms with Crippen LogP contribution in [-0.4, -0.2) is 26.0 Å². The highest BCUT2D eigenvalue weighted by molar-refractivity contribution is 8.04. The van der Waals surface area contributed by atoms with Crippen LogP contribution in [0.1, 0.15) is 12.5 Å². The lowest BCUT2D eigenvalue weighted by Gasteiger charge is -2.19. The van der Waals surface area contributed by atoms with Crippen molar-refractivity contribution in [3.8, 4) is 0 Å². The lowest BCUT2D eigenvalue weighted by Crippen LogP contribution is -2.17. The Bertz CT molecular complexity index is 432. The fourth-order valence-electron chi connectivity index (χ4n) is 1.44. The van der Waals surface area contributed by atoms with Crippen LogP contribution in [0, 0.1) is 0 Å². The van der Waals surface area contributed by atoms with Gasteiger partial charge in [0.15, 0.2) is 0 Å². The first-order valence-corrected chi connectivity index (χ1v) is 6.77. The van der Waals surface area contributed by atoms with E-state index in [-0.39, 0.29) is 5.97 Å². The molecule has 1 aromatic rings. The van der Waals surface area contributed by atoms with Crippen LogP contribution in [0.4, 0.5) is 5.69 Å². The predicted molar refractivity (Wildman–Crippen MR) is 77.8 cm³/mol. The molecular formula is C14H19NO2S. The van der Waals surface area contributed by atoms with E-state index in [1.54, 1.807) is 0 Å². The third-order valence-electron chi connectivity index (χ3n) is 2.61. The van der Waals surface area contributed by atoms with Crippen LogP contribution in [0.3, 0.4) is 0 Å². The van der Waals surface area contributed by atoms with E-state index in [0.717, 1.165) is 12.1 Å². The maximum absolute atomic E-state index is 11.2. The summed E-state index contributed by atoms with van der Waals surface area (Å²) in [6.45, 7) is 5.82. The van der Waals surface area contributed by atoms with E-state index < -0.39 is 0 Å². The maximum atomic E-state index is 11.2. The van der Waals surface area contributed by atoms with E-state index in [2.05, 4.69) is 41.3 Å². The topological polar surface area (TPSA) is 29.5 Å². The Kier molecular flexibility index (Phi) is 5.78. The number of carbonyl (C=O) groups excluding carboxylic acids is 1. The van der Waals surface area contributed by atoms with Crippen LogP contribution >= 0.6 is 11.8 Å². The molecule has 0 atom stereocenters. The second-order valence-corrected chi connectivity index (χ2v) is 4.95. The van der Waals surface area contributed by atoms with Gasteiger partial charge in [0.1, 0.15) is 0 Å². The van der Waals surface area contributed by atoms with Crippen molar-refractivity contribution in [1.82, 2.24) is 0 Å². The number of hydrogen-bond acceptors (Lipinski definition) is 4.